The summed E-state index contributed by atoms with van der Waals surface area (Å²) in [4.78, 5) is 4.30. The second-order valence-electron chi connectivity index (χ2n) is 4.29. The lowest BCUT2D eigenvalue weighted by atomic mass is 9.78. The lowest BCUT2D eigenvalue weighted by Crippen LogP contribution is -2.18. The summed E-state index contributed by atoms with van der Waals surface area (Å²) in [6, 6.07) is 0. The molecule has 1 aliphatic carbocycles. The Bertz CT molecular complexity index is 318. The Hall–Kier alpha value is -1.19. The minimum absolute atomic E-state index is 0.508. The van der Waals surface area contributed by atoms with Crippen LogP contribution >= 0.6 is 0 Å². The van der Waals surface area contributed by atoms with Crippen molar-refractivity contribution in [3.8, 4) is 0 Å². The number of anilines is 1. The van der Waals surface area contributed by atoms with Gasteiger partial charge >= 0.3 is 0 Å². The standard InChI is InChI=1S/C10H18N4/c1-7-4-2-3-5-8(7)9-10(11)14(12)6-13-9/h6-8H,2-5,11-12H2,1H3. The molecule has 0 bridgehead atoms. The molecule has 0 spiro atoms. The summed E-state index contributed by atoms with van der Waals surface area (Å²) in [5.74, 6) is 7.44. The molecule has 0 saturated heterocycles. The van der Waals surface area contributed by atoms with E-state index in [0.717, 1.165) is 5.69 Å². The molecule has 0 aromatic carbocycles. The summed E-state index contributed by atoms with van der Waals surface area (Å²) < 4.78 is 1.41. The summed E-state index contributed by atoms with van der Waals surface area (Å²) >= 11 is 0. The maximum absolute atomic E-state index is 5.87. The molecule has 1 aliphatic rings. The highest BCUT2D eigenvalue weighted by atomic mass is 15.3. The maximum atomic E-state index is 5.87. The smallest absolute Gasteiger partial charge is 0.145 e. The second-order valence-corrected chi connectivity index (χ2v) is 4.29. The molecular weight excluding hydrogens is 176 g/mol. The Morgan fingerprint density at radius 1 is 1.43 bits per heavy atom. The fourth-order valence-corrected chi connectivity index (χ4v) is 2.39. The molecule has 4 heteroatoms. The van der Waals surface area contributed by atoms with Crippen molar-refractivity contribution in [2.24, 2.45) is 5.92 Å². The van der Waals surface area contributed by atoms with Crippen LogP contribution in [0.2, 0.25) is 0 Å². The predicted molar refractivity (Wildman–Crippen MR) is 57.2 cm³/mol. The van der Waals surface area contributed by atoms with Crippen LogP contribution in [0.1, 0.15) is 44.2 Å². The van der Waals surface area contributed by atoms with Crippen LogP contribution < -0.4 is 11.6 Å². The van der Waals surface area contributed by atoms with E-state index in [9.17, 15) is 0 Å². The third-order valence-electron chi connectivity index (χ3n) is 3.32. The van der Waals surface area contributed by atoms with Crippen LogP contribution in [0.25, 0.3) is 0 Å². The number of hydrogen-bond donors (Lipinski definition) is 2. The minimum Gasteiger partial charge on any atom is -0.382 e. The Kier molecular flexibility index (Phi) is 2.35. The van der Waals surface area contributed by atoms with Crippen LogP contribution in [0.4, 0.5) is 5.82 Å². The van der Waals surface area contributed by atoms with E-state index in [2.05, 4.69) is 11.9 Å². The van der Waals surface area contributed by atoms with Gasteiger partial charge in [0.1, 0.15) is 12.1 Å². The van der Waals surface area contributed by atoms with Crippen molar-refractivity contribution in [3.05, 3.63) is 12.0 Å². The number of imidazole rings is 1. The Balaban J connectivity index is 2.24. The molecular formula is C10H18N4. The first-order chi connectivity index (χ1) is 6.70. The van der Waals surface area contributed by atoms with Crippen LogP contribution in [0.3, 0.4) is 0 Å². The quantitative estimate of drug-likeness (QED) is 0.665. The van der Waals surface area contributed by atoms with Gasteiger partial charge in [0.05, 0.1) is 5.69 Å². The molecule has 0 amide bonds. The van der Waals surface area contributed by atoms with E-state index in [1.54, 1.807) is 6.33 Å². The third kappa shape index (κ3) is 1.45. The van der Waals surface area contributed by atoms with Gasteiger partial charge in [0.2, 0.25) is 0 Å². The number of rotatable bonds is 1. The normalized spacial score (nSPS) is 27.8. The zero-order chi connectivity index (χ0) is 10.1. The average molecular weight is 194 g/mol. The average Bonchev–Trinajstić information content (AvgIpc) is 2.49. The van der Waals surface area contributed by atoms with Gasteiger partial charge in [0, 0.05) is 5.92 Å². The third-order valence-corrected chi connectivity index (χ3v) is 3.32. The largest absolute Gasteiger partial charge is 0.382 e. The Labute approximate surface area is 84.3 Å². The van der Waals surface area contributed by atoms with Gasteiger partial charge in [-0.2, -0.15) is 0 Å². The summed E-state index contributed by atoms with van der Waals surface area (Å²) in [5, 5.41) is 0. The van der Waals surface area contributed by atoms with Crippen molar-refractivity contribution in [2.45, 2.75) is 38.5 Å². The number of nitrogens with two attached hydrogens (primary N) is 2. The van der Waals surface area contributed by atoms with Crippen molar-refractivity contribution < 1.29 is 0 Å². The van der Waals surface area contributed by atoms with E-state index in [-0.39, 0.29) is 0 Å². The van der Waals surface area contributed by atoms with Gasteiger partial charge in [-0.25, -0.2) is 9.66 Å². The van der Waals surface area contributed by atoms with E-state index in [4.69, 9.17) is 11.6 Å². The van der Waals surface area contributed by atoms with Gasteiger partial charge < -0.3 is 11.6 Å². The molecule has 1 fully saturated rings. The van der Waals surface area contributed by atoms with Gasteiger partial charge in [-0.05, 0) is 12.3 Å². The Morgan fingerprint density at radius 2 is 2.14 bits per heavy atom. The van der Waals surface area contributed by atoms with Crippen molar-refractivity contribution >= 4 is 5.82 Å². The van der Waals surface area contributed by atoms with Crippen LogP contribution in [0.15, 0.2) is 6.33 Å². The molecule has 1 heterocycles. The first-order valence-corrected chi connectivity index (χ1v) is 5.28. The van der Waals surface area contributed by atoms with Gasteiger partial charge in [-0.15, -0.1) is 0 Å². The highest BCUT2D eigenvalue weighted by Crippen LogP contribution is 2.38. The second kappa shape index (κ2) is 3.52. The molecule has 0 aliphatic heterocycles. The van der Waals surface area contributed by atoms with E-state index in [1.807, 2.05) is 0 Å². The number of nitrogen functional groups attached to an aromatic ring is 2. The highest BCUT2D eigenvalue weighted by Gasteiger charge is 2.26. The molecule has 78 valence electrons. The number of hydrogen-bond acceptors (Lipinski definition) is 3. The minimum atomic E-state index is 0.508. The molecule has 2 unspecified atom stereocenters. The van der Waals surface area contributed by atoms with Gasteiger partial charge in [0.15, 0.2) is 0 Å². The van der Waals surface area contributed by atoms with Crippen LogP contribution in [0.5, 0.6) is 0 Å². The van der Waals surface area contributed by atoms with Crippen molar-refractivity contribution in [3.63, 3.8) is 0 Å². The zero-order valence-electron chi connectivity index (χ0n) is 8.61. The molecule has 1 aromatic heterocycles. The van der Waals surface area contributed by atoms with E-state index < -0.39 is 0 Å². The summed E-state index contributed by atoms with van der Waals surface area (Å²) in [7, 11) is 0. The fourth-order valence-electron chi connectivity index (χ4n) is 2.39. The lowest BCUT2D eigenvalue weighted by Gasteiger charge is -2.27. The zero-order valence-corrected chi connectivity index (χ0v) is 8.61. The van der Waals surface area contributed by atoms with Crippen molar-refractivity contribution in [2.75, 3.05) is 11.6 Å². The molecule has 1 aromatic rings. The molecule has 1 saturated carbocycles. The predicted octanol–water partition coefficient (Wildman–Crippen LogP) is 1.47. The monoisotopic (exact) mass is 194 g/mol. The SMILES string of the molecule is CC1CCCCC1c1ncn(N)c1N. The van der Waals surface area contributed by atoms with Crippen molar-refractivity contribution in [1.82, 2.24) is 9.66 Å². The molecule has 4 nitrogen and oxygen atoms in total. The fraction of sp³-hybridized carbons (Fsp3) is 0.700. The maximum Gasteiger partial charge on any atom is 0.145 e. The van der Waals surface area contributed by atoms with E-state index in [0.29, 0.717) is 17.7 Å². The van der Waals surface area contributed by atoms with Crippen LogP contribution in [-0.4, -0.2) is 9.66 Å². The van der Waals surface area contributed by atoms with Gasteiger partial charge in [0.25, 0.3) is 0 Å². The molecule has 14 heavy (non-hydrogen) atoms. The summed E-state index contributed by atoms with van der Waals surface area (Å²) in [6.45, 7) is 2.28. The van der Waals surface area contributed by atoms with E-state index in [1.165, 1.54) is 30.4 Å². The summed E-state index contributed by atoms with van der Waals surface area (Å²) in [6.07, 6.45) is 6.70. The lowest BCUT2D eigenvalue weighted by molar-refractivity contribution is 0.327. The molecule has 2 rings (SSSR count). The molecule has 0 radical (unpaired) electrons. The first-order valence-electron chi connectivity index (χ1n) is 5.28. The number of nitrogens with zero attached hydrogens (tertiary/aromatic N) is 2. The van der Waals surface area contributed by atoms with Gasteiger partial charge in [-0.1, -0.05) is 26.2 Å². The molecule has 4 N–H and O–H groups in total. The Morgan fingerprint density at radius 3 is 2.71 bits per heavy atom. The number of aromatic nitrogens is 2. The van der Waals surface area contributed by atoms with Gasteiger partial charge in [-0.3, -0.25) is 0 Å². The topological polar surface area (TPSA) is 69.9 Å². The van der Waals surface area contributed by atoms with Crippen molar-refractivity contribution in [1.29, 1.82) is 0 Å². The first kappa shape index (κ1) is 9.37. The van der Waals surface area contributed by atoms with Crippen LogP contribution in [-0.2, 0) is 0 Å². The summed E-state index contributed by atoms with van der Waals surface area (Å²) in [5.41, 5.74) is 6.87. The van der Waals surface area contributed by atoms with Crippen LogP contribution in [0, 0.1) is 5.92 Å². The molecule has 2 atom stereocenters. The van der Waals surface area contributed by atoms with E-state index >= 15 is 0 Å². The highest BCUT2D eigenvalue weighted by molar-refractivity contribution is 5.39.